The monoisotopic (exact) mass is 602 g/mol. The number of alkyl halides is 6. The van der Waals surface area contributed by atoms with Crippen LogP contribution in [0.25, 0.3) is 0 Å². The Kier molecular flexibility index (Phi) is 7.96. The van der Waals surface area contributed by atoms with E-state index in [0.29, 0.717) is 37.8 Å². The van der Waals surface area contributed by atoms with Gasteiger partial charge < -0.3 is 10.7 Å². The third-order valence-corrected chi connectivity index (χ3v) is 9.20. The number of aryl methyl sites for hydroxylation is 1. The number of nitrogens with two attached hydrogens (primary N) is 1. The van der Waals surface area contributed by atoms with Gasteiger partial charge in [0.25, 0.3) is 0 Å². The van der Waals surface area contributed by atoms with Crippen LogP contribution in [0.4, 0.5) is 37.7 Å². The summed E-state index contributed by atoms with van der Waals surface area (Å²) in [6, 6.07) is 9.28. The fourth-order valence-electron chi connectivity index (χ4n) is 6.96. The van der Waals surface area contributed by atoms with E-state index >= 15 is 0 Å². The van der Waals surface area contributed by atoms with E-state index in [1.165, 1.54) is 11.8 Å². The lowest BCUT2D eigenvalue weighted by molar-refractivity contribution is -0.513. The number of benzene rings is 2. The van der Waals surface area contributed by atoms with Crippen molar-refractivity contribution in [1.82, 2.24) is 0 Å². The van der Waals surface area contributed by atoms with Crippen LogP contribution in [0.3, 0.4) is 0 Å². The predicted molar refractivity (Wildman–Crippen MR) is 153 cm³/mol. The van der Waals surface area contributed by atoms with Crippen LogP contribution in [0.5, 0.6) is 0 Å². The summed E-state index contributed by atoms with van der Waals surface area (Å²) in [5.41, 5.74) is 2.34. The van der Waals surface area contributed by atoms with Crippen molar-refractivity contribution < 1.29 is 36.5 Å². The van der Waals surface area contributed by atoms with Gasteiger partial charge in [-0.05, 0) is 80.9 Å². The van der Waals surface area contributed by atoms with E-state index in [9.17, 15) is 31.1 Å². The van der Waals surface area contributed by atoms with Gasteiger partial charge in [0.2, 0.25) is 5.91 Å². The number of carbonyl (C=O) groups excluding carboxylic acids is 1. The molecule has 0 saturated heterocycles. The van der Waals surface area contributed by atoms with E-state index in [1.807, 2.05) is 38.1 Å². The summed E-state index contributed by atoms with van der Waals surface area (Å²) in [6.07, 6.45) is -1.94. The van der Waals surface area contributed by atoms with Gasteiger partial charge in [-0.25, -0.2) is 0 Å². The molecule has 3 aliphatic rings. The minimum atomic E-state index is -5.01. The lowest BCUT2D eigenvalue weighted by Crippen LogP contribution is -2.76. The number of carbonyl (C=O) groups is 1. The lowest BCUT2D eigenvalue weighted by Gasteiger charge is -2.50. The number of allylic oxidation sites excluding steroid dienone is 5. The number of anilines is 1. The highest BCUT2D eigenvalue weighted by atomic mass is 19.4. The Balaban J connectivity index is 1.42. The first kappa shape index (κ1) is 30.8. The molecule has 5 rings (SSSR count). The molecule has 0 radical (unpaired) electrons. The van der Waals surface area contributed by atoms with Gasteiger partial charge in [-0.2, -0.15) is 26.3 Å². The highest BCUT2D eigenvalue weighted by Crippen LogP contribution is 2.57. The fourth-order valence-corrected chi connectivity index (χ4v) is 6.96. The van der Waals surface area contributed by atoms with Crippen molar-refractivity contribution in [3.05, 3.63) is 93.7 Å². The van der Waals surface area contributed by atoms with Gasteiger partial charge in [-0.3, -0.25) is 10.1 Å². The number of fused-ring (bicyclic) bond motifs is 3. The molecular formula is C33H34F6N3O+. The van der Waals surface area contributed by atoms with Gasteiger partial charge >= 0.3 is 12.4 Å². The highest BCUT2D eigenvalue weighted by Gasteiger charge is 2.50. The molecule has 43 heavy (non-hydrogen) atoms. The van der Waals surface area contributed by atoms with Crippen LogP contribution in [0.2, 0.25) is 0 Å². The van der Waals surface area contributed by atoms with Gasteiger partial charge in [0, 0.05) is 28.8 Å². The maximum Gasteiger partial charge on any atom is 0.416 e. The third-order valence-electron chi connectivity index (χ3n) is 9.20. The Labute approximate surface area is 246 Å². The fraction of sp³-hybridized carbons (Fsp3) is 0.394. The van der Waals surface area contributed by atoms with E-state index in [-0.39, 0.29) is 17.9 Å². The Hall–Kier alpha value is -3.66. The van der Waals surface area contributed by atoms with E-state index in [2.05, 4.69) is 29.7 Å². The van der Waals surface area contributed by atoms with Crippen LogP contribution < -0.4 is 10.6 Å². The van der Waals surface area contributed by atoms with Crippen molar-refractivity contribution in [3.63, 3.8) is 0 Å². The summed E-state index contributed by atoms with van der Waals surface area (Å²) in [5, 5.41) is 12.6. The van der Waals surface area contributed by atoms with E-state index < -0.39 is 46.4 Å². The van der Waals surface area contributed by atoms with Crippen molar-refractivity contribution in [1.29, 1.82) is 5.41 Å². The van der Waals surface area contributed by atoms with Gasteiger partial charge in [-0.15, -0.1) is 0 Å². The molecule has 0 unspecified atom stereocenters. The highest BCUT2D eigenvalue weighted by molar-refractivity contribution is 5.93. The maximum atomic E-state index is 13.7. The Morgan fingerprint density at radius 1 is 1.05 bits per heavy atom. The van der Waals surface area contributed by atoms with Crippen LogP contribution >= 0.6 is 0 Å². The Morgan fingerprint density at radius 3 is 2.26 bits per heavy atom. The zero-order valence-electron chi connectivity index (χ0n) is 24.1. The largest absolute Gasteiger partial charge is 0.416 e. The maximum absolute atomic E-state index is 13.7. The lowest BCUT2D eigenvalue weighted by atomic mass is 9.54. The molecule has 2 aromatic rings. The van der Waals surface area contributed by atoms with E-state index in [0.717, 1.165) is 28.1 Å². The summed E-state index contributed by atoms with van der Waals surface area (Å²) in [6.45, 7) is 6.01. The topological polar surface area (TPSA) is 69.6 Å². The Bertz CT molecular complexity index is 1500. The molecule has 10 heteroatoms. The van der Waals surface area contributed by atoms with Gasteiger partial charge in [-0.1, -0.05) is 48.8 Å². The molecule has 2 aromatic carbocycles. The second-order valence-electron chi connectivity index (χ2n) is 12.2. The van der Waals surface area contributed by atoms with E-state index in [4.69, 9.17) is 5.41 Å². The minimum absolute atomic E-state index is 0.0532. The first-order valence-electron chi connectivity index (χ1n) is 14.3. The number of amides is 1. The Morgan fingerprint density at radius 2 is 1.67 bits per heavy atom. The summed E-state index contributed by atoms with van der Waals surface area (Å²) in [7, 11) is 0. The van der Waals surface area contributed by atoms with Crippen LogP contribution in [0, 0.1) is 35.5 Å². The predicted octanol–water partition coefficient (Wildman–Crippen LogP) is 8.10. The summed E-state index contributed by atoms with van der Waals surface area (Å²) < 4.78 is 80.5. The normalized spacial score (nSPS) is 25.7. The first-order valence-corrected chi connectivity index (χ1v) is 14.3. The number of hydrogen-bond acceptors (Lipinski definition) is 2. The number of halogens is 6. The van der Waals surface area contributed by atoms with Crippen molar-refractivity contribution in [2.24, 2.45) is 23.2 Å². The van der Waals surface area contributed by atoms with Crippen LogP contribution in [0.15, 0.2) is 77.0 Å². The number of nitrogens with one attached hydrogen (secondary N) is 2. The summed E-state index contributed by atoms with van der Waals surface area (Å²) in [5.74, 6) is -1.61. The molecule has 1 fully saturated rings. The van der Waals surface area contributed by atoms with E-state index in [1.54, 1.807) is 0 Å². The second kappa shape index (κ2) is 11.1. The second-order valence-corrected chi connectivity index (χ2v) is 12.2. The van der Waals surface area contributed by atoms with Crippen molar-refractivity contribution in [2.45, 2.75) is 58.8 Å². The molecule has 228 valence electrons. The standard InChI is InChI=1S/C33H33F6N3O/c1-18-4-8-24(9-5-18)41-28-15-21-7-10-26-27(31(21,3)16-20(28)17-40)11-6-19(2)29(26)30(43)42-25-13-22(32(34,35)36)12-23(14-25)33(37,38)39/h4-5,8-9,11-15,17,19,26,29,40-41H,6-7,10,16H2,1-3H3,(H,42,43)/p+1/t19-,26+,29+,31+/m1/s1. The zero-order chi connectivity index (χ0) is 31.3. The molecular weight excluding hydrogens is 568 g/mol. The quantitative estimate of drug-likeness (QED) is 0.138. The number of quaternary nitrogens is 1. The SMILES string of the molecule is Cc1ccc([NH2+]C2=C(C=N)C[C@@]3(C)C(=C2)CC[C@H]2C3=CC[C@@H](C)[C@@H]2C(=O)Nc2cc(C(F)(F)F)cc(C(F)(F)F)c2)cc1. The smallest absolute Gasteiger partial charge is 0.326 e. The average molecular weight is 603 g/mol. The summed E-state index contributed by atoms with van der Waals surface area (Å²) >= 11 is 0. The molecule has 1 amide bonds. The molecule has 4 nitrogen and oxygen atoms in total. The average Bonchev–Trinajstić information content (AvgIpc) is 2.92. The molecule has 4 atom stereocenters. The molecule has 4 N–H and O–H groups in total. The zero-order valence-corrected chi connectivity index (χ0v) is 24.1. The minimum Gasteiger partial charge on any atom is -0.326 e. The first-order chi connectivity index (χ1) is 20.1. The van der Waals surface area contributed by atoms with Crippen molar-refractivity contribution in [2.75, 3.05) is 5.32 Å². The van der Waals surface area contributed by atoms with Gasteiger partial charge in [0.05, 0.1) is 11.1 Å². The molecule has 0 aromatic heterocycles. The molecule has 0 spiro atoms. The van der Waals surface area contributed by atoms with Gasteiger partial charge in [0.1, 0.15) is 11.4 Å². The number of rotatable bonds is 5. The number of hydrogen-bond donors (Lipinski definition) is 3. The third kappa shape index (κ3) is 6.07. The van der Waals surface area contributed by atoms with Crippen molar-refractivity contribution in [3.8, 4) is 0 Å². The molecule has 0 aliphatic heterocycles. The molecule has 0 bridgehead atoms. The summed E-state index contributed by atoms with van der Waals surface area (Å²) in [4.78, 5) is 13.7. The van der Waals surface area contributed by atoms with Crippen LogP contribution in [-0.2, 0) is 17.1 Å². The molecule has 3 aliphatic carbocycles. The van der Waals surface area contributed by atoms with Crippen LogP contribution in [-0.4, -0.2) is 12.1 Å². The van der Waals surface area contributed by atoms with Gasteiger partial charge in [0.15, 0.2) is 0 Å². The van der Waals surface area contributed by atoms with Crippen LogP contribution in [0.1, 0.15) is 56.2 Å². The van der Waals surface area contributed by atoms with Crippen molar-refractivity contribution >= 4 is 23.5 Å². The molecule has 0 heterocycles. The molecule has 1 saturated carbocycles.